The minimum Gasteiger partial charge on any atom is -0.422 e. The van der Waals surface area contributed by atoms with Crippen LogP contribution in [0.3, 0.4) is 0 Å². The lowest BCUT2D eigenvalue weighted by Gasteiger charge is -2.32. The van der Waals surface area contributed by atoms with Gasteiger partial charge in [0.25, 0.3) is 5.56 Å². The zero-order valence-corrected chi connectivity index (χ0v) is 18.4. The van der Waals surface area contributed by atoms with Crippen molar-refractivity contribution in [2.75, 3.05) is 5.73 Å². The number of anilines is 1. The Hall–Kier alpha value is -2.65. The molecule has 2 unspecified atom stereocenters. The van der Waals surface area contributed by atoms with Crippen LogP contribution in [-0.2, 0) is 17.6 Å². The first kappa shape index (κ1) is 24.6. The highest BCUT2D eigenvalue weighted by Crippen LogP contribution is 2.35. The van der Waals surface area contributed by atoms with Crippen molar-refractivity contribution in [2.45, 2.75) is 52.9 Å². The zero-order chi connectivity index (χ0) is 23.2. The van der Waals surface area contributed by atoms with Gasteiger partial charge in [0.15, 0.2) is 0 Å². The number of nitrogens with two attached hydrogens (primary N) is 1. The Labute approximate surface area is 182 Å². The molecule has 6 N–H and O–H groups in total. The number of aryl methyl sites for hydroxylation is 2. The molecule has 0 saturated heterocycles. The number of H-pyrrole nitrogens is 2. The van der Waals surface area contributed by atoms with E-state index in [4.69, 9.17) is 5.73 Å². The molecule has 0 spiro atoms. The molecule has 0 aliphatic carbocycles. The Kier molecular flexibility index (Phi) is 8.41. The van der Waals surface area contributed by atoms with Crippen LogP contribution in [-0.4, -0.2) is 33.4 Å². The number of pyridine rings is 2. The molecule has 31 heavy (non-hydrogen) atoms. The average Bonchev–Trinajstić information content (AvgIpc) is 2.68. The van der Waals surface area contributed by atoms with Crippen LogP contribution in [0.4, 0.5) is 5.82 Å². The normalized spacial score (nSPS) is 13.6. The third-order valence-corrected chi connectivity index (χ3v) is 5.88. The van der Waals surface area contributed by atoms with Gasteiger partial charge in [-0.3, -0.25) is 9.59 Å². The van der Waals surface area contributed by atoms with Gasteiger partial charge < -0.3 is 30.5 Å². The number of aromatic nitrogens is 2. The van der Waals surface area contributed by atoms with Gasteiger partial charge in [0.05, 0.1) is 0 Å². The summed E-state index contributed by atoms with van der Waals surface area (Å²) in [6, 6.07) is 6.23. The fourth-order valence-electron chi connectivity index (χ4n) is 3.79. The molecule has 2 rings (SSSR count). The highest BCUT2D eigenvalue weighted by atomic mass is 16.4. The first-order chi connectivity index (χ1) is 14.5. The van der Waals surface area contributed by atoms with E-state index in [9.17, 15) is 24.4 Å². The number of nitrogen functional groups attached to an aromatic ring is 1. The number of aldehydes is 1. The summed E-state index contributed by atoms with van der Waals surface area (Å²) in [5, 5.41) is 18.4. The number of aromatic amines is 2. The molecule has 0 radical (unpaired) electrons. The molecule has 0 amide bonds. The van der Waals surface area contributed by atoms with Crippen LogP contribution in [0.1, 0.15) is 51.2 Å². The van der Waals surface area contributed by atoms with Crippen molar-refractivity contribution < 1.29 is 14.8 Å². The van der Waals surface area contributed by atoms with E-state index >= 15 is 0 Å². The summed E-state index contributed by atoms with van der Waals surface area (Å²) in [4.78, 5) is 40.4. The first-order valence-corrected chi connectivity index (χ1v) is 10.5. The minimum absolute atomic E-state index is 0.0590. The third kappa shape index (κ3) is 7.22. The maximum atomic E-state index is 12.2. The lowest BCUT2D eigenvalue weighted by atomic mass is 9.72. The molecule has 0 aliphatic heterocycles. The molecule has 0 saturated carbocycles. The zero-order valence-electron chi connectivity index (χ0n) is 18.4. The molecule has 0 bridgehead atoms. The molecule has 2 atom stereocenters. The van der Waals surface area contributed by atoms with Crippen LogP contribution in [0, 0.1) is 17.3 Å². The van der Waals surface area contributed by atoms with Crippen LogP contribution in [0.25, 0.3) is 0 Å². The van der Waals surface area contributed by atoms with Gasteiger partial charge in [-0.2, -0.15) is 0 Å². The lowest BCUT2D eigenvalue weighted by Crippen LogP contribution is -2.37. The SMILES string of the molecule is CC(C)(C)C(CCc1ccc(B(O)O)[nH]c1=O)CC(C=O)CCc1ccc(=O)[nH]c1N. The fourth-order valence-corrected chi connectivity index (χ4v) is 3.79. The molecule has 168 valence electrons. The highest BCUT2D eigenvalue weighted by Gasteiger charge is 2.27. The molecule has 2 heterocycles. The number of rotatable bonds is 10. The summed E-state index contributed by atoms with van der Waals surface area (Å²) in [5.74, 6) is 0.360. The highest BCUT2D eigenvalue weighted by molar-refractivity contribution is 6.57. The number of carbonyl (C=O) groups is 1. The van der Waals surface area contributed by atoms with Gasteiger partial charge in [0.2, 0.25) is 5.56 Å². The second-order valence-electron chi connectivity index (χ2n) is 9.18. The van der Waals surface area contributed by atoms with Crippen molar-refractivity contribution in [3.05, 3.63) is 56.1 Å². The largest absolute Gasteiger partial charge is 0.505 e. The van der Waals surface area contributed by atoms with Crippen LogP contribution in [0.5, 0.6) is 0 Å². The Balaban J connectivity index is 2.05. The van der Waals surface area contributed by atoms with Crippen molar-refractivity contribution >= 4 is 24.8 Å². The van der Waals surface area contributed by atoms with E-state index in [1.807, 2.05) is 0 Å². The molecule has 0 aliphatic rings. The Bertz CT molecular complexity index is 994. The van der Waals surface area contributed by atoms with Crippen LogP contribution in [0.2, 0.25) is 0 Å². The summed E-state index contributed by atoms with van der Waals surface area (Å²) in [5.41, 5.74) is 6.66. The van der Waals surface area contributed by atoms with Crippen LogP contribution < -0.4 is 22.4 Å². The van der Waals surface area contributed by atoms with E-state index in [0.29, 0.717) is 37.1 Å². The van der Waals surface area contributed by atoms with Gasteiger partial charge in [0, 0.05) is 23.1 Å². The Morgan fingerprint density at radius 1 is 1.03 bits per heavy atom. The second-order valence-corrected chi connectivity index (χ2v) is 9.18. The summed E-state index contributed by atoms with van der Waals surface area (Å²) in [6.07, 6.45) is 4.12. The van der Waals surface area contributed by atoms with Gasteiger partial charge in [-0.25, -0.2) is 0 Å². The fraction of sp³-hybridized carbons (Fsp3) is 0.500. The van der Waals surface area contributed by atoms with E-state index in [0.717, 1.165) is 18.3 Å². The van der Waals surface area contributed by atoms with Gasteiger partial charge in [0.1, 0.15) is 12.1 Å². The summed E-state index contributed by atoms with van der Waals surface area (Å²) in [7, 11) is -1.71. The van der Waals surface area contributed by atoms with E-state index < -0.39 is 7.12 Å². The van der Waals surface area contributed by atoms with Gasteiger partial charge in [-0.1, -0.05) is 26.8 Å². The van der Waals surface area contributed by atoms with Crippen molar-refractivity contribution in [3.63, 3.8) is 0 Å². The first-order valence-electron chi connectivity index (χ1n) is 10.5. The predicted octanol–water partition coefficient (Wildman–Crippen LogP) is 0.758. The predicted molar refractivity (Wildman–Crippen MR) is 122 cm³/mol. The van der Waals surface area contributed by atoms with Crippen molar-refractivity contribution in [2.24, 2.45) is 17.3 Å². The quantitative estimate of drug-likeness (QED) is 0.278. The topological polar surface area (TPSA) is 149 Å². The molecule has 9 heteroatoms. The molecule has 0 fully saturated rings. The lowest BCUT2D eigenvalue weighted by molar-refractivity contribution is -0.112. The molecule has 2 aromatic heterocycles. The average molecular weight is 429 g/mol. The molecule has 0 aromatic carbocycles. The number of carbonyl (C=O) groups excluding carboxylic acids is 1. The second kappa shape index (κ2) is 10.6. The number of hydrogen-bond acceptors (Lipinski definition) is 6. The number of hydrogen-bond donors (Lipinski definition) is 5. The van der Waals surface area contributed by atoms with E-state index in [2.05, 4.69) is 30.7 Å². The maximum Gasteiger partial charge on any atom is 0.505 e. The molecule has 8 nitrogen and oxygen atoms in total. The van der Waals surface area contributed by atoms with Crippen molar-refractivity contribution in [3.8, 4) is 0 Å². The molecular formula is C22H32BN3O5. The Morgan fingerprint density at radius 2 is 1.68 bits per heavy atom. The third-order valence-electron chi connectivity index (χ3n) is 5.88. The van der Waals surface area contributed by atoms with Gasteiger partial charge in [-0.15, -0.1) is 0 Å². The van der Waals surface area contributed by atoms with Gasteiger partial charge in [-0.05, 0) is 61.1 Å². The Morgan fingerprint density at radius 3 is 2.23 bits per heavy atom. The summed E-state index contributed by atoms with van der Waals surface area (Å²) >= 11 is 0. The standard InChI is InChI=1S/C22H32BN3O5/c1-22(2,3)17(9-6-16-7-10-18(23(30)31)25-21(16)29)12-14(13-27)4-5-15-8-11-19(28)26-20(15)24/h7-8,10-11,13-14,17,30-31H,4-6,9,12H2,1-3H3,(H,25,29)(H3,24,26,28). The van der Waals surface area contributed by atoms with E-state index in [1.165, 1.54) is 12.1 Å². The summed E-state index contributed by atoms with van der Waals surface area (Å²) < 4.78 is 0. The molecular weight excluding hydrogens is 397 g/mol. The van der Waals surface area contributed by atoms with Crippen molar-refractivity contribution in [1.29, 1.82) is 0 Å². The van der Waals surface area contributed by atoms with Crippen LogP contribution >= 0.6 is 0 Å². The summed E-state index contributed by atoms with van der Waals surface area (Å²) in [6.45, 7) is 6.36. The minimum atomic E-state index is -1.71. The maximum absolute atomic E-state index is 12.2. The van der Waals surface area contributed by atoms with E-state index in [-0.39, 0.29) is 34.0 Å². The molecule has 2 aromatic rings. The smallest absolute Gasteiger partial charge is 0.422 e. The van der Waals surface area contributed by atoms with E-state index in [1.54, 1.807) is 12.1 Å². The van der Waals surface area contributed by atoms with Crippen molar-refractivity contribution in [1.82, 2.24) is 9.97 Å². The number of nitrogens with one attached hydrogen (secondary N) is 2. The van der Waals surface area contributed by atoms with Gasteiger partial charge >= 0.3 is 7.12 Å². The monoisotopic (exact) mass is 429 g/mol. The van der Waals surface area contributed by atoms with Crippen LogP contribution in [0.15, 0.2) is 33.9 Å².